The minimum atomic E-state index is 0.227. The molecule has 116 valence electrons. The van der Waals surface area contributed by atoms with E-state index in [0.717, 1.165) is 25.3 Å². The second-order valence-electron chi connectivity index (χ2n) is 6.98. The van der Waals surface area contributed by atoms with Crippen molar-refractivity contribution in [3.63, 3.8) is 0 Å². The molecule has 3 nitrogen and oxygen atoms in total. The van der Waals surface area contributed by atoms with Gasteiger partial charge in [-0.05, 0) is 63.3 Å². The quantitative estimate of drug-likeness (QED) is 0.812. The second kappa shape index (κ2) is 8.02. The second-order valence-corrected chi connectivity index (χ2v) is 6.98. The smallest absolute Gasteiger partial charge is 0.223 e. The van der Waals surface area contributed by atoms with Gasteiger partial charge >= 0.3 is 0 Å². The normalized spacial score (nSPS) is 34.7. The Labute approximate surface area is 124 Å². The predicted octanol–water partition coefficient (Wildman–Crippen LogP) is 3.23. The molecule has 0 radical (unpaired) electrons. The topological polar surface area (TPSA) is 55.1 Å². The number of nitrogens with two attached hydrogens (primary N) is 1. The fraction of sp³-hybridized carbons (Fsp3) is 0.941. The van der Waals surface area contributed by atoms with Crippen molar-refractivity contribution in [1.29, 1.82) is 0 Å². The Morgan fingerprint density at radius 3 is 2.50 bits per heavy atom. The molecule has 2 aliphatic rings. The number of hydrogen-bond acceptors (Lipinski definition) is 2. The highest BCUT2D eigenvalue weighted by atomic mass is 16.1. The first-order valence-electron chi connectivity index (χ1n) is 8.73. The van der Waals surface area contributed by atoms with Gasteiger partial charge in [0.25, 0.3) is 0 Å². The van der Waals surface area contributed by atoms with Gasteiger partial charge in [0.2, 0.25) is 5.91 Å². The van der Waals surface area contributed by atoms with Gasteiger partial charge in [0.1, 0.15) is 0 Å². The number of hydrogen-bond donors (Lipinski definition) is 2. The van der Waals surface area contributed by atoms with E-state index < -0.39 is 0 Å². The highest BCUT2D eigenvalue weighted by Crippen LogP contribution is 2.30. The van der Waals surface area contributed by atoms with Crippen molar-refractivity contribution in [2.45, 2.75) is 77.2 Å². The molecule has 20 heavy (non-hydrogen) atoms. The lowest BCUT2D eigenvalue weighted by Gasteiger charge is -2.32. The molecule has 0 aromatic rings. The molecule has 2 atom stereocenters. The van der Waals surface area contributed by atoms with Crippen LogP contribution in [0.2, 0.25) is 0 Å². The van der Waals surface area contributed by atoms with Gasteiger partial charge in [-0.3, -0.25) is 4.79 Å². The average molecular weight is 280 g/mol. The number of amides is 1. The van der Waals surface area contributed by atoms with E-state index in [1.165, 1.54) is 51.4 Å². The summed E-state index contributed by atoms with van der Waals surface area (Å²) in [5.74, 6) is 2.01. The van der Waals surface area contributed by atoms with Crippen molar-refractivity contribution in [1.82, 2.24) is 5.32 Å². The first-order valence-corrected chi connectivity index (χ1v) is 8.73. The van der Waals surface area contributed by atoms with E-state index in [1.807, 2.05) is 0 Å². The lowest BCUT2D eigenvalue weighted by Crippen LogP contribution is -2.42. The molecule has 1 amide bonds. The summed E-state index contributed by atoms with van der Waals surface area (Å²) in [7, 11) is 0. The highest BCUT2D eigenvalue weighted by molar-refractivity contribution is 5.79. The summed E-state index contributed by atoms with van der Waals surface area (Å²) in [5, 5.41) is 3.32. The van der Waals surface area contributed by atoms with Gasteiger partial charge in [0.05, 0.1) is 0 Å². The third kappa shape index (κ3) is 4.47. The predicted molar refractivity (Wildman–Crippen MR) is 83.3 cm³/mol. The summed E-state index contributed by atoms with van der Waals surface area (Å²) >= 11 is 0. The molecule has 0 aromatic carbocycles. The molecule has 3 heteroatoms. The third-order valence-corrected chi connectivity index (χ3v) is 5.38. The van der Waals surface area contributed by atoms with Crippen molar-refractivity contribution in [3.05, 3.63) is 0 Å². The monoisotopic (exact) mass is 280 g/mol. The molecule has 0 aromatic heterocycles. The molecule has 2 fully saturated rings. The van der Waals surface area contributed by atoms with Gasteiger partial charge in [0.15, 0.2) is 0 Å². The maximum Gasteiger partial charge on any atom is 0.223 e. The number of carbonyl (C=O) groups is 1. The lowest BCUT2D eigenvalue weighted by molar-refractivity contribution is -0.127. The Hall–Kier alpha value is -0.570. The van der Waals surface area contributed by atoms with Crippen LogP contribution in [0.15, 0.2) is 0 Å². The zero-order chi connectivity index (χ0) is 14.4. The molecule has 0 saturated heterocycles. The SMILES string of the molecule is CCCC1CCC(NC(=O)C2CCCC(CN)C2)CC1. The van der Waals surface area contributed by atoms with E-state index in [0.29, 0.717) is 17.9 Å². The molecule has 2 unspecified atom stereocenters. The van der Waals surface area contributed by atoms with Gasteiger partial charge in [-0.2, -0.15) is 0 Å². The van der Waals surface area contributed by atoms with Crippen LogP contribution < -0.4 is 11.1 Å². The zero-order valence-electron chi connectivity index (χ0n) is 13.1. The van der Waals surface area contributed by atoms with Crippen LogP contribution in [0.25, 0.3) is 0 Å². The van der Waals surface area contributed by atoms with Crippen LogP contribution in [0.5, 0.6) is 0 Å². The minimum absolute atomic E-state index is 0.227. The molecular formula is C17H32N2O. The van der Waals surface area contributed by atoms with E-state index in [9.17, 15) is 4.79 Å². The lowest BCUT2D eigenvalue weighted by atomic mass is 9.80. The Morgan fingerprint density at radius 2 is 1.85 bits per heavy atom. The molecule has 2 rings (SSSR count). The van der Waals surface area contributed by atoms with Gasteiger partial charge in [-0.15, -0.1) is 0 Å². The molecule has 2 saturated carbocycles. The summed E-state index contributed by atoms with van der Waals surface area (Å²) in [6.45, 7) is 3.01. The summed E-state index contributed by atoms with van der Waals surface area (Å²) in [4.78, 5) is 12.4. The Morgan fingerprint density at radius 1 is 1.10 bits per heavy atom. The van der Waals surface area contributed by atoms with E-state index in [4.69, 9.17) is 5.73 Å². The minimum Gasteiger partial charge on any atom is -0.353 e. The van der Waals surface area contributed by atoms with Crippen LogP contribution in [0, 0.1) is 17.8 Å². The van der Waals surface area contributed by atoms with E-state index >= 15 is 0 Å². The summed E-state index contributed by atoms with van der Waals surface area (Å²) in [6.07, 6.45) is 12.1. The van der Waals surface area contributed by atoms with Crippen LogP contribution in [-0.4, -0.2) is 18.5 Å². The third-order valence-electron chi connectivity index (χ3n) is 5.38. The van der Waals surface area contributed by atoms with E-state index in [1.54, 1.807) is 0 Å². The Kier molecular flexibility index (Phi) is 6.34. The van der Waals surface area contributed by atoms with Crippen molar-refractivity contribution in [3.8, 4) is 0 Å². The molecule has 2 aliphatic carbocycles. The van der Waals surface area contributed by atoms with Gasteiger partial charge in [-0.25, -0.2) is 0 Å². The van der Waals surface area contributed by atoms with Crippen molar-refractivity contribution >= 4 is 5.91 Å². The molecule has 3 N–H and O–H groups in total. The van der Waals surface area contributed by atoms with E-state index in [-0.39, 0.29) is 5.92 Å². The summed E-state index contributed by atoms with van der Waals surface area (Å²) in [6, 6.07) is 0.439. The summed E-state index contributed by atoms with van der Waals surface area (Å²) < 4.78 is 0. The fourth-order valence-corrected chi connectivity index (χ4v) is 4.07. The van der Waals surface area contributed by atoms with E-state index in [2.05, 4.69) is 12.2 Å². The maximum absolute atomic E-state index is 12.4. The standard InChI is InChI=1S/C17H32N2O/c1-2-4-13-7-9-16(10-8-13)19-17(20)15-6-3-5-14(11-15)12-18/h13-16H,2-12,18H2,1H3,(H,19,20). The number of rotatable bonds is 5. The average Bonchev–Trinajstić information content (AvgIpc) is 2.49. The Balaban J connectivity index is 1.72. The Bertz CT molecular complexity index is 297. The molecule has 0 bridgehead atoms. The van der Waals surface area contributed by atoms with Gasteiger partial charge in [-0.1, -0.05) is 26.2 Å². The van der Waals surface area contributed by atoms with Crippen LogP contribution in [0.3, 0.4) is 0 Å². The van der Waals surface area contributed by atoms with Crippen molar-refractivity contribution < 1.29 is 4.79 Å². The first kappa shape index (κ1) is 15.8. The largest absolute Gasteiger partial charge is 0.353 e. The number of carbonyl (C=O) groups excluding carboxylic acids is 1. The van der Waals surface area contributed by atoms with Crippen LogP contribution in [0.4, 0.5) is 0 Å². The van der Waals surface area contributed by atoms with Crippen LogP contribution in [0.1, 0.15) is 71.1 Å². The van der Waals surface area contributed by atoms with Gasteiger partial charge < -0.3 is 11.1 Å². The summed E-state index contributed by atoms with van der Waals surface area (Å²) in [5.41, 5.74) is 5.76. The molecule has 0 heterocycles. The zero-order valence-corrected chi connectivity index (χ0v) is 13.1. The van der Waals surface area contributed by atoms with Crippen LogP contribution in [-0.2, 0) is 4.79 Å². The number of nitrogens with one attached hydrogen (secondary N) is 1. The van der Waals surface area contributed by atoms with Crippen molar-refractivity contribution in [2.75, 3.05) is 6.54 Å². The fourth-order valence-electron chi connectivity index (χ4n) is 4.07. The van der Waals surface area contributed by atoms with Gasteiger partial charge in [0, 0.05) is 12.0 Å². The van der Waals surface area contributed by atoms with Crippen LogP contribution >= 0.6 is 0 Å². The maximum atomic E-state index is 12.4. The highest BCUT2D eigenvalue weighted by Gasteiger charge is 2.29. The first-order chi connectivity index (χ1) is 9.72. The van der Waals surface area contributed by atoms with Crippen molar-refractivity contribution in [2.24, 2.45) is 23.5 Å². The molecule has 0 aliphatic heterocycles. The molecule has 0 spiro atoms. The molecular weight excluding hydrogens is 248 g/mol.